The number of hydrogen-bond acceptors (Lipinski definition) is 2. The summed E-state index contributed by atoms with van der Waals surface area (Å²) in [4.78, 5) is 17.8. The Balaban J connectivity index is 1.48. The van der Waals surface area contributed by atoms with Gasteiger partial charge in [0, 0.05) is 25.2 Å². The Labute approximate surface area is 169 Å². The number of hydrogen-bond donors (Lipinski definition) is 0. The average Bonchev–Trinajstić information content (AvgIpc) is 3.12. The van der Waals surface area contributed by atoms with Crippen LogP contribution in [0.3, 0.4) is 0 Å². The van der Waals surface area contributed by atoms with Crippen molar-refractivity contribution in [2.75, 3.05) is 13.1 Å². The van der Waals surface area contributed by atoms with Crippen LogP contribution in [0.4, 0.5) is 0 Å². The second kappa shape index (κ2) is 8.08. The van der Waals surface area contributed by atoms with Crippen molar-refractivity contribution in [2.45, 2.75) is 65.6 Å². The Morgan fingerprint density at radius 2 is 1.71 bits per heavy atom. The van der Waals surface area contributed by atoms with Gasteiger partial charge in [-0.25, -0.2) is 0 Å². The molecule has 0 aliphatic carbocycles. The van der Waals surface area contributed by atoms with Gasteiger partial charge in [0.2, 0.25) is 0 Å². The molecule has 2 aliphatic rings. The van der Waals surface area contributed by atoms with Gasteiger partial charge in [-0.2, -0.15) is 0 Å². The third-order valence-electron chi connectivity index (χ3n) is 6.29. The number of amides is 1. The fraction of sp³-hybridized carbons (Fsp3) is 0.480. The molecule has 0 saturated carbocycles. The normalized spacial score (nSPS) is 17.2. The zero-order valence-electron chi connectivity index (χ0n) is 17.5. The van der Waals surface area contributed by atoms with Crippen LogP contribution in [0.5, 0.6) is 0 Å². The molecular weight excluding hydrogens is 344 g/mol. The molecule has 148 valence electrons. The molecule has 0 unspecified atom stereocenters. The van der Waals surface area contributed by atoms with Crippen LogP contribution in [0.15, 0.2) is 36.4 Å². The first-order valence-electron chi connectivity index (χ1n) is 10.7. The summed E-state index contributed by atoms with van der Waals surface area (Å²) in [7, 11) is 0. The van der Waals surface area contributed by atoms with E-state index in [1.165, 1.54) is 54.6 Å². The van der Waals surface area contributed by atoms with Crippen LogP contribution in [0.1, 0.15) is 77.2 Å². The number of carbonyl (C=O) groups is 1. The molecule has 28 heavy (non-hydrogen) atoms. The Hall–Kier alpha value is -2.13. The largest absolute Gasteiger partial charge is 0.330 e. The number of fused-ring (bicyclic) bond motifs is 1. The zero-order chi connectivity index (χ0) is 19.7. The van der Waals surface area contributed by atoms with Gasteiger partial charge in [-0.3, -0.25) is 9.69 Å². The van der Waals surface area contributed by atoms with Crippen LogP contribution in [-0.4, -0.2) is 28.8 Å². The molecule has 3 nitrogen and oxygen atoms in total. The van der Waals surface area contributed by atoms with E-state index >= 15 is 0 Å². The first-order chi connectivity index (χ1) is 13.5. The predicted octanol–water partition coefficient (Wildman–Crippen LogP) is 5.26. The topological polar surface area (TPSA) is 23.6 Å². The van der Waals surface area contributed by atoms with E-state index < -0.39 is 0 Å². The number of rotatable bonds is 4. The van der Waals surface area contributed by atoms with Crippen molar-refractivity contribution in [2.24, 2.45) is 0 Å². The number of carbonyl (C=O) groups excluding carboxylic acids is 1. The molecule has 1 saturated heterocycles. The minimum Gasteiger partial charge on any atom is -0.330 e. The second-order valence-electron chi connectivity index (χ2n) is 8.83. The summed E-state index contributed by atoms with van der Waals surface area (Å²) in [6, 6.07) is 13.1. The lowest BCUT2D eigenvalue weighted by molar-refractivity contribution is 0.0750. The minimum atomic E-state index is 0.161. The molecule has 0 spiro atoms. The lowest BCUT2D eigenvalue weighted by Gasteiger charge is -2.26. The van der Waals surface area contributed by atoms with Gasteiger partial charge in [0.25, 0.3) is 5.91 Å². The van der Waals surface area contributed by atoms with Crippen LogP contribution in [0.2, 0.25) is 0 Å². The van der Waals surface area contributed by atoms with Crippen molar-refractivity contribution in [3.8, 4) is 0 Å². The highest BCUT2D eigenvalue weighted by molar-refractivity contribution is 5.96. The Kier molecular flexibility index (Phi) is 5.54. The van der Waals surface area contributed by atoms with Crippen molar-refractivity contribution >= 4 is 5.91 Å². The molecule has 1 fully saturated rings. The van der Waals surface area contributed by atoms with Crippen LogP contribution in [0.25, 0.3) is 0 Å². The number of aryl methyl sites for hydroxylation is 1. The van der Waals surface area contributed by atoms with Crippen molar-refractivity contribution in [3.05, 3.63) is 69.8 Å². The van der Waals surface area contributed by atoms with Gasteiger partial charge >= 0.3 is 0 Å². The molecule has 2 aromatic carbocycles. The Morgan fingerprint density at radius 1 is 0.964 bits per heavy atom. The molecule has 0 aromatic heterocycles. The molecule has 0 radical (unpaired) electrons. The highest BCUT2D eigenvalue weighted by atomic mass is 16.2. The van der Waals surface area contributed by atoms with Gasteiger partial charge in [-0.15, -0.1) is 0 Å². The van der Waals surface area contributed by atoms with Gasteiger partial charge in [0.05, 0.1) is 0 Å². The quantitative estimate of drug-likeness (QED) is 0.727. The molecule has 0 bridgehead atoms. The number of piperidine rings is 1. The van der Waals surface area contributed by atoms with Gasteiger partial charge < -0.3 is 4.90 Å². The molecule has 3 heteroatoms. The summed E-state index contributed by atoms with van der Waals surface area (Å²) in [5, 5.41) is 0. The fourth-order valence-corrected chi connectivity index (χ4v) is 4.47. The molecule has 0 atom stereocenters. The van der Waals surface area contributed by atoms with E-state index in [2.05, 4.69) is 55.1 Å². The Bertz CT molecular complexity index is 865. The molecule has 2 aliphatic heterocycles. The third-order valence-corrected chi connectivity index (χ3v) is 6.29. The predicted molar refractivity (Wildman–Crippen MR) is 114 cm³/mol. The van der Waals surface area contributed by atoms with Crippen molar-refractivity contribution in [3.63, 3.8) is 0 Å². The maximum Gasteiger partial charge on any atom is 0.254 e. The van der Waals surface area contributed by atoms with E-state index in [0.29, 0.717) is 5.92 Å². The highest BCUT2D eigenvalue weighted by Crippen LogP contribution is 2.28. The molecule has 0 N–H and O–H groups in total. The number of benzene rings is 2. The number of likely N-dealkylation sites (tertiary alicyclic amines) is 1. The van der Waals surface area contributed by atoms with E-state index in [0.717, 1.165) is 30.8 Å². The number of nitrogens with zero attached hydrogens (tertiary/aromatic N) is 2. The first kappa shape index (κ1) is 19.2. The zero-order valence-corrected chi connectivity index (χ0v) is 17.5. The van der Waals surface area contributed by atoms with Crippen LogP contribution in [0, 0.1) is 6.92 Å². The molecular formula is C25H32N2O. The van der Waals surface area contributed by atoms with Crippen LogP contribution >= 0.6 is 0 Å². The summed E-state index contributed by atoms with van der Waals surface area (Å²) in [5.41, 5.74) is 7.15. The monoisotopic (exact) mass is 376 g/mol. The van der Waals surface area contributed by atoms with E-state index in [4.69, 9.17) is 0 Å². The molecule has 1 amide bonds. The summed E-state index contributed by atoms with van der Waals surface area (Å²) in [6.07, 6.45) is 4.01. The third kappa shape index (κ3) is 4.00. The summed E-state index contributed by atoms with van der Waals surface area (Å²) >= 11 is 0. The fourth-order valence-electron chi connectivity index (χ4n) is 4.47. The van der Waals surface area contributed by atoms with Crippen molar-refractivity contribution in [1.82, 2.24) is 9.80 Å². The molecule has 2 aromatic rings. The first-order valence-corrected chi connectivity index (χ1v) is 10.7. The van der Waals surface area contributed by atoms with Gasteiger partial charge in [-0.05, 0) is 72.7 Å². The van der Waals surface area contributed by atoms with Gasteiger partial charge in [0.1, 0.15) is 0 Å². The average molecular weight is 377 g/mol. The molecule has 4 rings (SSSR count). The van der Waals surface area contributed by atoms with Crippen molar-refractivity contribution in [1.29, 1.82) is 0 Å². The van der Waals surface area contributed by atoms with E-state index in [1.807, 2.05) is 11.8 Å². The lowest BCUT2D eigenvalue weighted by atomic mass is 9.97. The summed E-state index contributed by atoms with van der Waals surface area (Å²) in [5.74, 6) is 0.592. The van der Waals surface area contributed by atoms with Crippen LogP contribution in [-0.2, 0) is 19.6 Å². The maximum absolute atomic E-state index is 13.2. The standard InChI is InChI=1S/C25H32N2O/c1-18(2)21-9-7-19(3)24(14-21)25(28)27-16-22-10-8-20(13-23(22)17-27)15-26-11-5-4-6-12-26/h7-10,13-14,18H,4-6,11-12,15-17H2,1-3H3. The maximum atomic E-state index is 13.2. The SMILES string of the molecule is Cc1ccc(C(C)C)cc1C(=O)N1Cc2ccc(CN3CCCCC3)cc2C1. The summed E-state index contributed by atoms with van der Waals surface area (Å²) < 4.78 is 0. The molecule has 2 heterocycles. The lowest BCUT2D eigenvalue weighted by Crippen LogP contribution is -2.29. The second-order valence-corrected chi connectivity index (χ2v) is 8.83. The van der Waals surface area contributed by atoms with Gasteiger partial charge in [0.15, 0.2) is 0 Å². The summed E-state index contributed by atoms with van der Waals surface area (Å²) in [6.45, 7) is 11.3. The highest BCUT2D eigenvalue weighted by Gasteiger charge is 2.26. The van der Waals surface area contributed by atoms with Gasteiger partial charge in [-0.1, -0.05) is 50.6 Å². The minimum absolute atomic E-state index is 0.161. The Morgan fingerprint density at radius 3 is 2.46 bits per heavy atom. The van der Waals surface area contributed by atoms with E-state index in [1.54, 1.807) is 0 Å². The van der Waals surface area contributed by atoms with Crippen LogP contribution < -0.4 is 0 Å². The van der Waals surface area contributed by atoms with E-state index in [-0.39, 0.29) is 5.91 Å². The van der Waals surface area contributed by atoms with E-state index in [9.17, 15) is 4.79 Å². The van der Waals surface area contributed by atoms with Crippen molar-refractivity contribution < 1.29 is 4.79 Å². The smallest absolute Gasteiger partial charge is 0.254 e.